The van der Waals surface area contributed by atoms with Gasteiger partial charge in [0.25, 0.3) is 0 Å². The van der Waals surface area contributed by atoms with E-state index in [2.05, 4.69) is 4.98 Å². The van der Waals surface area contributed by atoms with Gasteiger partial charge in [0, 0.05) is 6.20 Å². The molecule has 1 atom stereocenters. The Kier molecular flexibility index (Phi) is 4.37. The van der Waals surface area contributed by atoms with Crippen LogP contribution in [-0.2, 0) is 12.6 Å². The lowest BCUT2D eigenvalue weighted by molar-refractivity contribution is -0.141. The molecule has 102 valence electrons. The number of halogens is 3. The van der Waals surface area contributed by atoms with E-state index in [0.717, 1.165) is 6.07 Å². The van der Waals surface area contributed by atoms with Crippen molar-refractivity contribution in [2.45, 2.75) is 45.9 Å². The fraction of sp³-hybridized carbons (Fsp3) is 0.615. The molecule has 1 aromatic heterocycles. The van der Waals surface area contributed by atoms with Crippen LogP contribution in [0, 0.1) is 5.41 Å². The van der Waals surface area contributed by atoms with Crippen molar-refractivity contribution in [3.05, 3.63) is 29.6 Å². The van der Waals surface area contributed by atoms with Crippen LogP contribution in [-0.4, -0.2) is 16.2 Å². The van der Waals surface area contributed by atoms with Gasteiger partial charge in [0.05, 0.1) is 6.10 Å². The highest BCUT2D eigenvalue weighted by Crippen LogP contribution is 2.27. The Bertz CT molecular complexity index is 379. The van der Waals surface area contributed by atoms with E-state index in [4.69, 9.17) is 0 Å². The Labute approximate surface area is 105 Å². The highest BCUT2D eigenvalue weighted by Gasteiger charge is 2.32. The van der Waals surface area contributed by atoms with Crippen molar-refractivity contribution in [1.29, 1.82) is 0 Å². The van der Waals surface area contributed by atoms with Gasteiger partial charge in [0.15, 0.2) is 0 Å². The van der Waals surface area contributed by atoms with Crippen LogP contribution in [0.2, 0.25) is 0 Å². The summed E-state index contributed by atoms with van der Waals surface area (Å²) in [6.07, 6.45) is -2.64. The maximum Gasteiger partial charge on any atom is 0.433 e. The van der Waals surface area contributed by atoms with Crippen molar-refractivity contribution in [1.82, 2.24) is 4.98 Å². The molecule has 0 spiro atoms. The first-order valence-corrected chi connectivity index (χ1v) is 5.81. The van der Waals surface area contributed by atoms with E-state index < -0.39 is 18.0 Å². The van der Waals surface area contributed by atoms with Crippen LogP contribution in [0.25, 0.3) is 0 Å². The quantitative estimate of drug-likeness (QED) is 0.904. The second kappa shape index (κ2) is 5.26. The molecular weight excluding hydrogens is 243 g/mol. The summed E-state index contributed by atoms with van der Waals surface area (Å²) in [5.74, 6) is 0. The molecule has 18 heavy (non-hydrogen) atoms. The summed E-state index contributed by atoms with van der Waals surface area (Å²) in [4.78, 5) is 3.38. The number of alkyl halides is 3. The molecule has 0 unspecified atom stereocenters. The van der Waals surface area contributed by atoms with Crippen LogP contribution in [0.4, 0.5) is 13.2 Å². The minimum absolute atomic E-state index is 0.223. The average molecular weight is 261 g/mol. The molecule has 0 aromatic carbocycles. The molecule has 0 aliphatic rings. The maximum atomic E-state index is 12.3. The van der Waals surface area contributed by atoms with Gasteiger partial charge in [-0.3, -0.25) is 4.98 Å². The Morgan fingerprint density at radius 3 is 2.22 bits per heavy atom. The second-order valence-electron chi connectivity index (χ2n) is 5.47. The fourth-order valence-corrected chi connectivity index (χ4v) is 1.48. The first-order valence-electron chi connectivity index (χ1n) is 5.81. The molecule has 0 bridgehead atoms. The van der Waals surface area contributed by atoms with Gasteiger partial charge < -0.3 is 5.11 Å². The SMILES string of the molecule is CC(C)(C)[C@H](O)CCc1ccc(C(F)(F)F)nc1. The van der Waals surface area contributed by atoms with E-state index in [0.29, 0.717) is 18.4 Å². The predicted octanol–water partition coefficient (Wildman–Crippen LogP) is 3.44. The normalized spacial score (nSPS) is 14.6. The van der Waals surface area contributed by atoms with Crippen molar-refractivity contribution in [2.24, 2.45) is 5.41 Å². The first kappa shape index (κ1) is 15.0. The van der Waals surface area contributed by atoms with Crippen LogP contribution in [0.3, 0.4) is 0 Å². The van der Waals surface area contributed by atoms with E-state index >= 15 is 0 Å². The smallest absolute Gasteiger partial charge is 0.393 e. The van der Waals surface area contributed by atoms with Crippen molar-refractivity contribution in [3.8, 4) is 0 Å². The summed E-state index contributed by atoms with van der Waals surface area (Å²) in [5.41, 5.74) is -0.409. The summed E-state index contributed by atoms with van der Waals surface area (Å²) in [6.45, 7) is 5.76. The molecule has 0 radical (unpaired) electrons. The van der Waals surface area contributed by atoms with Gasteiger partial charge in [-0.1, -0.05) is 26.8 Å². The number of aryl methyl sites for hydroxylation is 1. The predicted molar refractivity (Wildman–Crippen MR) is 63.0 cm³/mol. The Morgan fingerprint density at radius 1 is 1.22 bits per heavy atom. The van der Waals surface area contributed by atoms with Crippen molar-refractivity contribution < 1.29 is 18.3 Å². The summed E-state index contributed by atoms with van der Waals surface area (Å²) in [5, 5.41) is 9.83. The Hall–Kier alpha value is -1.10. The minimum Gasteiger partial charge on any atom is -0.393 e. The highest BCUT2D eigenvalue weighted by molar-refractivity contribution is 5.16. The van der Waals surface area contributed by atoms with Gasteiger partial charge in [0.2, 0.25) is 0 Å². The molecule has 1 N–H and O–H groups in total. The van der Waals surface area contributed by atoms with E-state index in [1.54, 1.807) is 0 Å². The number of nitrogens with zero attached hydrogens (tertiary/aromatic N) is 1. The van der Waals surface area contributed by atoms with Crippen LogP contribution >= 0.6 is 0 Å². The van der Waals surface area contributed by atoms with Gasteiger partial charge in [-0.05, 0) is 29.9 Å². The lowest BCUT2D eigenvalue weighted by Gasteiger charge is -2.25. The molecule has 0 amide bonds. The third-order valence-electron chi connectivity index (χ3n) is 2.82. The van der Waals surface area contributed by atoms with E-state index in [1.165, 1.54) is 12.3 Å². The zero-order valence-electron chi connectivity index (χ0n) is 10.8. The van der Waals surface area contributed by atoms with Gasteiger partial charge >= 0.3 is 6.18 Å². The molecular formula is C13H18F3NO. The van der Waals surface area contributed by atoms with E-state index in [9.17, 15) is 18.3 Å². The molecule has 5 heteroatoms. The van der Waals surface area contributed by atoms with Gasteiger partial charge in [-0.2, -0.15) is 13.2 Å². The lowest BCUT2D eigenvalue weighted by atomic mass is 9.86. The number of aliphatic hydroxyl groups excluding tert-OH is 1. The number of rotatable bonds is 3. The van der Waals surface area contributed by atoms with Gasteiger partial charge in [0.1, 0.15) is 5.69 Å². The minimum atomic E-state index is -4.40. The summed E-state index contributed by atoms with van der Waals surface area (Å²) < 4.78 is 36.9. The number of aliphatic hydroxyl groups is 1. The van der Waals surface area contributed by atoms with Crippen LogP contribution in [0.1, 0.15) is 38.4 Å². The number of hydrogen-bond acceptors (Lipinski definition) is 2. The highest BCUT2D eigenvalue weighted by atomic mass is 19.4. The zero-order valence-corrected chi connectivity index (χ0v) is 10.8. The Balaban J connectivity index is 2.60. The lowest BCUT2D eigenvalue weighted by Crippen LogP contribution is -2.26. The molecule has 0 fully saturated rings. The summed E-state index contributed by atoms with van der Waals surface area (Å²) in [7, 11) is 0. The molecule has 1 rings (SSSR count). The molecule has 0 saturated heterocycles. The molecule has 0 saturated carbocycles. The van der Waals surface area contributed by atoms with Crippen molar-refractivity contribution >= 4 is 0 Å². The number of hydrogen-bond donors (Lipinski definition) is 1. The maximum absolute atomic E-state index is 12.3. The number of pyridine rings is 1. The largest absolute Gasteiger partial charge is 0.433 e. The van der Waals surface area contributed by atoms with Crippen LogP contribution in [0.5, 0.6) is 0 Å². The molecule has 2 nitrogen and oxygen atoms in total. The second-order valence-corrected chi connectivity index (χ2v) is 5.47. The Morgan fingerprint density at radius 2 is 1.83 bits per heavy atom. The zero-order chi connectivity index (χ0) is 14.0. The third-order valence-corrected chi connectivity index (χ3v) is 2.82. The monoisotopic (exact) mass is 261 g/mol. The van der Waals surface area contributed by atoms with Crippen LogP contribution in [0.15, 0.2) is 18.3 Å². The summed E-state index contributed by atoms with van der Waals surface area (Å²) >= 11 is 0. The molecule has 0 aliphatic heterocycles. The van der Waals surface area contributed by atoms with E-state index in [-0.39, 0.29) is 5.41 Å². The molecule has 0 aliphatic carbocycles. The van der Waals surface area contributed by atoms with Crippen molar-refractivity contribution in [3.63, 3.8) is 0 Å². The van der Waals surface area contributed by atoms with Gasteiger partial charge in [-0.15, -0.1) is 0 Å². The molecule has 1 heterocycles. The fourth-order valence-electron chi connectivity index (χ4n) is 1.48. The molecule has 1 aromatic rings. The van der Waals surface area contributed by atoms with Crippen LogP contribution < -0.4 is 0 Å². The standard InChI is InChI=1S/C13H18F3NO/c1-12(2,3)11(18)7-5-9-4-6-10(17-8-9)13(14,15)16/h4,6,8,11,18H,5,7H2,1-3H3/t11-/m1/s1. The average Bonchev–Trinajstić information content (AvgIpc) is 2.24. The first-order chi connectivity index (χ1) is 8.10. The summed E-state index contributed by atoms with van der Waals surface area (Å²) in [6, 6.07) is 2.38. The topological polar surface area (TPSA) is 33.1 Å². The van der Waals surface area contributed by atoms with Gasteiger partial charge in [-0.25, -0.2) is 0 Å². The number of aromatic nitrogens is 1. The third kappa shape index (κ3) is 4.29. The van der Waals surface area contributed by atoms with Crippen molar-refractivity contribution in [2.75, 3.05) is 0 Å². The van der Waals surface area contributed by atoms with E-state index in [1.807, 2.05) is 20.8 Å².